The number of carbonyl (C=O) groups excluding carboxylic acids is 2. The van der Waals surface area contributed by atoms with Crippen molar-refractivity contribution < 1.29 is 52.2 Å². The Hall–Kier alpha value is -1.60. The van der Waals surface area contributed by atoms with E-state index in [1.165, 1.54) is 32.1 Å². The second kappa shape index (κ2) is 32.9. The Labute approximate surface area is 247 Å². The first-order valence-electron chi connectivity index (χ1n) is 15.1. The summed E-state index contributed by atoms with van der Waals surface area (Å²) in [6.45, 7) is 14.1. The van der Waals surface area contributed by atoms with Gasteiger partial charge in [-0.3, -0.25) is 4.79 Å². The summed E-state index contributed by atoms with van der Waals surface area (Å²) in [7, 11) is 0. The smallest absolute Gasteiger partial charge is 0.333 e. The van der Waals surface area contributed by atoms with Crippen LogP contribution < -0.4 is 0 Å². The average molecular weight is 593 g/mol. The Morgan fingerprint density at radius 1 is 0.463 bits per heavy atom. The van der Waals surface area contributed by atoms with Gasteiger partial charge in [-0.15, -0.1) is 0 Å². The third kappa shape index (κ3) is 32.8. The van der Waals surface area contributed by atoms with E-state index in [4.69, 9.17) is 42.6 Å². The fourth-order valence-electron chi connectivity index (χ4n) is 3.25. The highest BCUT2D eigenvalue weighted by Gasteiger charge is 2.03. The number of rotatable bonds is 33. The highest BCUT2D eigenvalue weighted by Crippen LogP contribution is 2.08. The molecule has 0 saturated carbocycles. The van der Waals surface area contributed by atoms with Gasteiger partial charge in [0.15, 0.2) is 0 Å². The predicted octanol–water partition coefficient (Wildman–Crippen LogP) is 3.91. The molecule has 0 aromatic carbocycles. The fourth-order valence-corrected chi connectivity index (χ4v) is 3.25. The number of ether oxygens (including phenoxy) is 9. The van der Waals surface area contributed by atoms with Crippen molar-refractivity contribution in [3.05, 3.63) is 12.2 Å². The maximum Gasteiger partial charge on any atom is 0.333 e. The second-order valence-corrected chi connectivity index (χ2v) is 9.29. The van der Waals surface area contributed by atoms with Crippen LogP contribution in [0.1, 0.15) is 65.2 Å². The number of unbranched alkanes of at least 4 members (excludes halogenated alkanes) is 6. The number of esters is 2. The Bertz CT molecular complexity index is 601. The van der Waals surface area contributed by atoms with Crippen molar-refractivity contribution in [2.24, 2.45) is 0 Å². The molecule has 41 heavy (non-hydrogen) atoms. The molecule has 0 aliphatic rings. The van der Waals surface area contributed by atoms with Gasteiger partial charge in [-0.2, -0.15) is 0 Å². The molecule has 0 atom stereocenters. The lowest BCUT2D eigenvalue weighted by Gasteiger charge is -2.09. The Morgan fingerprint density at radius 3 is 1.15 bits per heavy atom. The zero-order chi connectivity index (χ0) is 30.1. The maximum absolute atomic E-state index is 11.7. The SMILES string of the molecule is C=C(C)C(=O)OCCOCCOCCOCCOCCOCCOCCOCCOC(=O)CCCCCCCCC. The highest BCUT2D eigenvalue weighted by atomic mass is 16.6. The lowest BCUT2D eigenvalue weighted by atomic mass is 10.1. The van der Waals surface area contributed by atoms with Crippen molar-refractivity contribution in [3.63, 3.8) is 0 Å². The molecule has 0 aliphatic heterocycles. The number of hydrogen-bond acceptors (Lipinski definition) is 11. The van der Waals surface area contributed by atoms with Crippen LogP contribution >= 0.6 is 0 Å². The van der Waals surface area contributed by atoms with Crippen molar-refractivity contribution in [3.8, 4) is 0 Å². The molecule has 0 heterocycles. The molecule has 0 bridgehead atoms. The van der Waals surface area contributed by atoms with Crippen LogP contribution in [0.2, 0.25) is 0 Å². The molecular formula is C30H56O11. The van der Waals surface area contributed by atoms with Gasteiger partial charge in [0, 0.05) is 12.0 Å². The van der Waals surface area contributed by atoms with Crippen molar-refractivity contribution in [2.45, 2.75) is 65.2 Å². The lowest BCUT2D eigenvalue weighted by molar-refractivity contribution is -0.145. The monoisotopic (exact) mass is 592 g/mol. The van der Waals surface area contributed by atoms with Crippen LogP contribution in [-0.2, 0) is 52.2 Å². The fraction of sp³-hybridized carbons (Fsp3) is 0.867. The summed E-state index contributed by atoms with van der Waals surface area (Å²) in [6.07, 6.45) is 8.78. The van der Waals surface area contributed by atoms with Crippen LogP contribution in [0.4, 0.5) is 0 Å². The van der Waals surface area contributed by atoms with E-state index < -0.39 is 5.97 Å². The van der Waals surface area contributed by atoms with Gasteiger partial charge >= 0.3 is 11.9 Å². The molecule has 0 N–H and O–H groups in total. The Kier molecular flexibility index (Phi) is 31.6. The molecule has 0 aliphatic carbocycles. The zero-order valence-electron chi connectivity index (χ0n) is 25.7. The van der Waals surface area contributed by atoms with Crippen LogP contribution in [0.25, 0.3) is 0 Å². The normalized spacial score (nSPS) is 11.1. The van der Waals surface area contributed by atoms with Crippen LogP contribution in [0, 0.1) is 0 Å². The summed E-state index contributed by atoms with van der Waals surface area (Å²) >= 11 is 0. The Morgan fingerprint density at radius 2 is 0.780 bits per heavy atom. The van der Waals surface area contributed by atoms with Gasteiger partial charge in [0.2, 0.25) is 0 Å². The molecular weight excluding hydrogens is 536 g/mol. The molecule has 0 spiro atoms. The third-order valence-corrected chi connectivity index (χ3v) is 5.52. The van der Waals surface area contributed by atoms with Gasteiger partial charge in [-0.25, -0.2) is 4.79 Å². The Balaban J connectivity index is 3.14. The summed E-state index contributed by atoms with van der Waals surface area (Å²) in [5.74, 6) is -0.557. The molecule has 0 aromatic rings. The topological polar surface area (TPSA) is 117 Å². The standard InChI is InChI=1S/C30H56O11/c1-4-5-6-7-8-9-10-11-29(31)40-26-24-38-22-20-36-18-16-34-14-12-33-13-15-35-17-19-37-21-23-39-25-27-41-30(32)28(2)3/h2,4-27H2,1,3H3. The summed E-state index contributed by atoms with van der Waals surface area (Å²) in [5.41, 5.74) is 0.370. The van der Waals surface area contributed by atoms with Gasteiger partial charge in [0.05, 0.1) is 92.5 Å². The van der Waals surface area contributed by atoms with E-state index >= 15 is 0 Å². The second-order valence-electron chi connectivity index (χ2n) is 9.29. The third-order valence-electron chi connectivity index (χ3n) is 5.52. The van der Waals surface area contributed by atoms with E-state index in [1.807, 2.05) is 0 Å². The molecule has 0 amide bonds. The van der Waals surface area contributed by atoms with Gasteiger partial charge in [0.1, 0.15) is 13.2 Å². The van der Waals surface area contributed by atoms with Gasteiger partial charge < -0.3 is 42.6 Å². The van der Waals surface area contributed by atoms with Crippen LogP contribution in [0.15, 0.2) is 12.2 Å². The average Bonchev–Trinajstić information content (AvgIpc) is 2.96. The molecule has 11 heteroatoms. The van der Waals surface area contributed by atoms with E-state index in [2.05, 4.69) is 13.5 Å². The minimum Gasteiger partial charge on any atom is -0.463 e. The van der Waals surface area contributed by atoms with Crippen molar-refractivity contribution in [1.82, 2.24) is 0 Å². The number of carbonyl (C=O) groups is 2. The molecule has 0 unspecified atom stereocenters. The van der Waals surface area contributed by atoms with E-state index in [-0.39, 0.29) is 19.2 Å². The lowest BCUT2D eigenvalue weighted by Crippen LogP contribution is -2.15. The first-order valence-corrected chi connectivity index (χ1v) is 15.1. The quantitative estimate of drug-likeness (QED) is 0.0627. The molecule has 0 saturated heterocycles. The van der Waals surface area contributed by atoms with Crippen molar-refractivity contribution in [2.75, 3.05) is 106 Å². The minimum absolute atomic E-state index is 0.144. The van der Waals surface area contributed by atoms with Crippen LogP contribution in [0.3, 0.4) is 0 Å². The van der Waals surface area contributed by atoms with E-state index in [0.717, 1.165) is 12.8 Å². The maximum atomic E-state index is 11.7. The first-order chi connectivity index (χ1) is 20.1. The first kappa shape index (κ1) is 39.4. The minimum atomic E-state index is -0.413. The largest absolute Gasteiger partial charge is 0.463 e. The van der Waals surface area contributed by atoms with E-state index in [9.17, 15) is 9.59 Å². The van der Waals surface area contributed by atoms with Crippen molar-refractivity contribution in [1.29, 1.82) is 0 Å². The molecule has 0 rings (SSSR count). The van der Waals surface area contributed by atoms with Crippen LogP contribution in [-0.4, -0.2) is 118 Å². The highest BCUT2D eigenvalue weighted by molar-refractivity contribution is 5.86. The zero-order valence-corrected chi connectivity index (χ0v) is 25.7. The van der Waals surface area contributed by atoms with Gasteiger partial charge in [-0.05, 0) is 13.3 Å². The predicted molar refractivity (Wildman–Crippen MR) is 155 cm³/mol. The molecule has 0 fully saturated rings. The van der Waals surface area contributed by atoms with Gasteiger partial charge in [0.25, 0.3) is 0 Å². The molecule has 0 aromatic heterocycles. The van der Waals surface area contributed by atoms with E-state index in [1.54, 1.807) is 6.92 Å². The summed E-state index contributed by atoms with van der Waals surface area (Å²) in [4.78, 5) is 22.8. The number of hydrogen-bond donors (Lipinski definition) is 0. The molecule has 11 nitrogen and oxygen atoms in total. The van der Waals surface area contributed by atoms with E-state index in [0.29, 0.717) is 104 Å². The molecule has 0 radical (unpaired) electrons. The summed E-state index contributed by atoms with van der Waals surface area (Å²) in [6, 6.07) is 0. The van der Waals surface area contributed by atoms with Gasteiger partial charge in [-0.1, -0.05) is 52.0 Å². The summed E-state index contributed by atoms with van der Waals surface area (Å²) in [5, 5.41) is 0. The van der Waals surface area contributed by atoms with Crippen LogP contribution in [0.5, 0.6) is 0 Å². The van der Waals surface area contributed by atoms with Crippen molar-refractivity contribution >= 4 is 11.9 Å². The molecule has 242 valence electrons. The summed E-state index contributed by atoms with van der Waals surface area (Å²) < 4.78 is 47.9.